The van der Waals surface area contributed by atoms with Gasteiger partial charge in [-0.05, 0) is 19.4 Å². The van der Waals surface area contributed by atoms with Gasteiger partial charge >= 0.3 is 0 Å². The highest BCUT2D eigenvalue weighted by Gasteiger charge is 2.35. The Balaban J connectivity index is 1.65. The zero-order valence-electron chi connectivity index (χ0n) is 18.8. The minimum absolute atomic E-state index is 0.0360. The topological polar surface area (TPSA) is 143 Å². The first-order valence-electron chi connectivity index (χ1n) is 10.4. The summed E-state index contributed by atoms with van der Waals surface area (Å²) in [7, 11) is -1.11. The van der Waals surface area contributed by atoms with Crippen LogP contribution in [0.4, 0.5) is 5.95 Å². The van der Waals surface area contributed by atoms with Crippen LogP contribution in [-0.4, -0.2) is 70.3 Å². The van der Waals surface area contributed by atoms with Crippen LogP contribution >= 0.6 is 11.6 Å². The van der Waals surface area contributed by atoms with Gasteiger partial charge in [-0.25, -0.2) is 23.4 Å². The van der Waals surface area contributed by atoms with Crippen LogP contribution in [0.25, 0.3) is 11.5 Å². The van der Waals surface area contributed by atoms with Crippen LogP contribution in [0.2, 0.25) is 5.02 Å². The predicted molar refractivity (Wildman–Crippen MR) is 123 cm³/mol. The highest BCUT2D eigenvalue weighted by Crippen LogP contribution is 2.28. The summed E-state index contributed by atoms with van der Waals surface area (Å²) in [6, 6.07) is 5.21. The van der Waals surface area contributed by atoms with Gasteiger partial charge in [-0.15, -0.1) is 10.2 Å². The van der Waals surface area contributed by atoms with Crippen LogP contribution in [0.3, 0.4) is 0 Å². The van der Waals surface area contributed by atoms with Crippen LogP contribution in [0.1, 0.15) is 25.3 Å². The molecule has 1 aliphatic heterocycles. The van der Waals surface area contributed by atoms with Gasteiger partial charge < -0.3 is 14.2 Å². The van der Waals surface area contributed by atoms with E-state index in [2.05, 4.69) is 29.9 Å². The molecule has 4 rings (SSSR count). The molecule has 1 aliphatic rings. The average Bonchev–Trinajstić information content (AvgIpc) is 3.19. The number of hydrogen-bond acceptors (Lipinski definition) is 10. The molecule has 3 aromatic heterocycles. The number of rotatable bonds is 10. The molecule has 0 bridgehead atoms. The van der Waals surface area contributed by atoms with Crippen LogP contribution < -0.4 is 9.46 Å². The monoisotopic (exact) mass is 509 g/mol. The minimum atomic E-state index is -4.01. The van der Waals surface area contributed by atoms with Gasteiger partial charge in [0.1, 0.15) is 17.0 Å². The summed E-state index contributed by atoms with van der Waals surface area (Å²) in [6.45, 7) is 2.49. The molecule has 0 amide bonds. The summed E-state index contributed by atoms with van der Waals surface area (Å²) < 4.78 is 46.9. The van der Waals surface area contributed by atoms with E-state index in [9.17, 15) is 8.42 Å². The van der Waals surface area contributed by atoms with Crippen LogP contribution in [0.15, 0.2) is 30.6 Å². The third-order valence-electron chi connectivity index (χ3n) is 5.39. The highest BCUT2D eigenvalue weighted by molar-refractivity contribution is 7.93. The molecule has 1 N–H and O–H groups in total. The van der Waals surface area contributed by atoms with Crippen LogP contribution in [0.5, 0.6) is 5.88 Å². The first-order chi connectivity index (χ1) is 16.3. The van der Waals surface area contributed by atoms with Gasteiger partial charge in [0.05, 0.1) is 24.8 Å². The van der Waals surface area contributed by atoms with E-state index in [-0.39, 0.29) is 17.9 Å². The van der Waals surface area contributed by atoms with Gasteiger partial charge in [0.2, 0.25) is 21.9 Å². The maximum atomic E-state index is 13.3. The molecule has 0 radical (unpaired) electrons. The van der Waals surface area contributed by atoms with Gasteiger partial charge in [-0.2, -0.15) is 0 Å². The van der Waals surface area contributed by atoms with Crippen LogP contribution in [-0.2, 0) is 26.0 Å². The van der Waals surface area contributed by atoms with E-state index in [4.69, 9.17) is 25.8 Å². The maximum absolute atomic E-state index is 13.3. The predicted octanol–water partition coefficient (Wildman–Crippen LogP) is 2.10. The molecular weight excluding hydrogens is 486 g/mol. The summed E-state index contributed by atoms with van der Waals surface area (Å²) in [5.74, 6) is 1.00. The first-order valence-corrected chi connectivity index (χ1v) is 12.3. The maximum Gasteiger partial charge on any atom is 0.240 e. The third-order valence-corrected chi connectivity index (χ3v) is 7.28. The Morgan fingerprint density at radius 3 is 2.62 bits per heavy atom. The molecular formula is C20H24ClN7O5S. The second-order valence-electron chi connectivity index (χ2n) is 7.57. The lowest BCUT2D eigenvalue weighted by Crippen LogP contribution is -2.35. The number of methoxy groups -OCH3 is 2. The number of nitrogens with zero attached hydrogens (tertiary/aromatic N) is 6. The molecule has 0 saturated carbocycles. The number of hydrogen-bond donors (Lipinski definition) is 1. The highest BCUT2D eigenvalue weighted by atomic mass is 35.5. The van der Waals surface area contributed by atoms with E-state index in [1.54, 1.807) is 22.8 Å². The largest absolute Gasteiger partial charge is 0.481 e. The summed E-state index contributed by atoms with van der Waals surface area (Å²) in [5.41, 5.74) is 0.481. The van der Waals surface area contributed by atoms with Crippen molar-refractivity contribution in [3.05, 3.63) is 41.4 Å². The van der Waals surface area contributed by atoms with E-state index in [0.717, 1.165) is 6.42 Å². The van der Waals surface area contributed by atoms with Crippen molar-refractivity contribution in [1.29, 1.82) is 0 Å². The second kappa shape index (κ2) is 10.2. The second-order valence-corrected chi connectivity index (χ2v) is 10.0. The fraction of sp³-hybridized carbons (Fsp3) is 0.450. The molecule has 1 fully saturated rings. The van der Waals surface area contributed by atoms with Crippen molar-refractivity contribution in [2.75, 3.05) is 25.5 Å². The van der Waals surface area contributed by atoms with Crippen molar-refractivity contribution in [2.45, 2.75) is 37.3 Å². The molecule has 0 aliphatic carbocycles. The number of ether oxygens (including phenoxy) is 3. The summed E-state index contributed by atoms with van der Waals surface area (Å²) in [6.07, 6.45) is 2.57. The lowest BCUT2D eigenvalue weighted by Gasteiger charge is -2.28. The Hall–Kier alpha value is -2.87. The number of pyridine rings is 1. The fourth-order valence-electron chi connectivity index (χ4n) is 3.39. The molecule has 1 saturated heterocycles. The Labute approximate surface area is 201 Å². The Morgan fingerprint density at radius 2 is 2.00 bits per heavy atom. The Morgan fingerprint density at radius 1 is 1.26 bits per heavy atom. The molecule has 3 aromatic rings. The smallest absolute Gasteiger partial charge is 0.240 e. The van der Waals surface area contributed by atoms with Crippen molar-refractivity contribution in [3.63, 3.8) is 0 Å². The van der Waals surface area contributed by atoms with E-state index in [0.29, 0.717) is 35.6 Å². The van der Waals surface area contributed by atoms with Gasteiger partial charge in [0.15, 0.2) is 11.6 Å². The number of nitrogens with one attached hydrogen (secondary N) is 1. The normalized spacial score (nSPS) is 17.6. The molecule has 0 spiro atoms. The number of aromatic nitrogens is 6. The molecule has 34 heavy (non-hydrogen) atoms. The van der Waals surface area contributed by atoms with Crippen molar-refractivity contribution in [1.82, 2.24) is 29.7 Å². The average molecular weight is 510 g/mol. The molecule has 14 heteroatoms. The lowest BCUT2D eigenvalue weighted by atomic mass is 10.2. The third kappa shape index (κ3) is 5.12. The fourth-order valence-corrected chi connectivity index (χ4v) is 4.63. The zero-order chi connectivity index (χ0) is 24.3. The van der Waals surface area contributed by atoms with E-state index < -0.39 is 21.4 Å². The first kappa shape index (κ1) is 24.3. The zero-order valence-corrected chi connectivity index (χ0v) is 20.3. The molecule has 0 aromatic carbocycles. The quantitative estimate of drug-likeness (QED) is 0.431. The standard InChI is InChI=1S/C20H24ClN7O5S/c1-12(17(32-3)18-22-9-13(21)10-23-18)34(29,30)27-20-26-25-19(28(20)11-14-7-8-33-14)15-5-4-6-16(24-15)31-2/h4-6,9-10,12,14,17H,7-8,11H2,1-3H3,(H,26,27)/t12-,14+,17-/m0/s1. The Bertz CT molecular complexity index is 1230. The molecule has 4 heterocycles. The van der Waals surface area contributed by atoms with E-state index in [1.165, 1.54) is 33.5 Å². The van der Waals surface area contributed by atoms with Gasteiger partial charge in [0, 0.05) is 32.2 Å². The van der Waals surface area contributed by atoms with Crippen LogP contribution in [0, 0.1) is 0 Å². The molecule has 0 unspecified atom stereocenters. The summed E-state index contributed by atoms with van der Waals surface area (Å²) in [4.78, 5) is 12.6. The SMILES string of the molecule is COc1cccc(-c2nnc(NS(=O)(=O)[C@@H](C)[C@H](OC)c3ncc(Cl)cn3)n2C[C@H]2CCO2)n1. The van der Waals surface area contributed by atoms with Gasteiger partial charge in [0.25, 0.3) is 0 Å². The van der Waals surface area contributed by atoms with Crippen molar-refractivity contribution < 1.29 is 22.6 Å². The van der Waals surface area contributed by atoms with E-state index >= 15 is 0 Å². The van der Waals surface area contributed by atoms with Gasteiger partial charge in [-0.1, -0.05) is 17.7 Å². The van der Waals surface area contributed by atoms with Crippen molar-refractivity contribution >= 4 is 27.6 Å². The lowest BCUT2D eigenvalue weighted by molar-refractivity contribution is -0.0587. The van der Waals surface area contributed by atoms with Crippen molar-refractivity contribution in [2.24, 2.45) is 0 Å². The van der Waals surface area contributed by atoms with Crippen molar-refractivity contribution in [3.8, 4) is 17.4 Å². The van der Waals surface area contributed by atoms with Gasteiger partial charge in [-0.3, -0.25) is 9.29 Å². The number of anilines is 1. The Kier molecular flexibility index (Phi) is 7.26. The number of halogens is 1. The van der Waals surface area contributed by atoms with E-state index in [1.807, 2.05) is 0 Å². The summed E-state index contributed by atoms with van der Waals surface area (Å²) >= 11 is 5.85. The summed E-state index contributed by atoms with van der Waals surface area (Å²) in [5, 5.41) is 7.55. The molecule has 12 nitrogen and oxygen atoms in total. The number of sulfonamides is 1. The molecule has 3 atom stereocenters. The molecule has 182 valence electrons. The minimum Gasteiger partial charge on any atom is -0.481 e.